The molecule has 2 heterocycles. The number of rotatable bonds is 4. The predicted molar refractivity (Wildman–Crippen MR) is 95.4 cm³/mol. The number of nitrogens with one attached hydrogen (secondary N) is 2. The zero-order valence-corrected chi connectivity index (χ0v) is 14.7. The van der Waals surface area contributed by atoms with Crippen molar-refractivity contribution in [3.05, 3.63) is 40.4 Å². The molecule has 1 fully saturated rings. The van der Waals surface area contributed by atoms with E-state index in [1.165, 1.54) is 22.5 Å². The first-order valence-corrected chi connectivity index (χ1v) is 8.42. The minimum absolute atomic E-state index is 0. The van der Waals surface area contributed by atoms with E-state index in [0.717, 1.165) is 37.4 Å². The summed E-state index contributed by atoms with van der Waals surface area (Å²) >= 11 is 1.45. The van der Waals surface area contributed by atoms with Gasteiger partial charge in [-0.1, -0.05) is 41.2 Å². The highest BCUT2D eigenvalue weighted by molar-refractivity contribution is 7.15. The van der Waals surface area contributed by atoms with Crippen LogP contribution >= 0.6 is 23.7 Å². The number of carbonyl (C=O) groups is 1. The molecule has 2 aromatic rings. The van der Waals surface area contributed by atoms with Gasteiger partial charge in [-0.2, -0.15) is 0 Å². The van der Waals surface area contributed by atoms with Crippen LogP contribution in [0.5, 0.6) is 0 Å². The van der Waals surface area contributed by atoms with Crippen LogP contribution in [0.3, 0.4) is 0 Å². The molecule has 0 bridgehead atoms. The number of carbonyl (C=O) groups excluding carboxylic acids is 1. The molecule has 3 rings (SSSR count). The average Bonchev–Trinajstić information content (AvgIpc) is 2.97. The molecule has 1 aromatic carbocycles. The molecule has 1 saturated heterocycles. The van der Waals surface area contributed by atoms with Gasteiger partial charge in [0.1, 0.15) is 5.01 Å². The molecule has 23 heavy (non-hydrogen) atoms. The molecule has 5 nitrogen and oxygen atoms in total. The Morgan fingerprint density at radius 3 is 2.65 bits per heavy atom. The minimum atomic E-state index is 0. The summed E-state index contributed by atoms with van der Waals surface area (Å²) in [6, 6.07) is 8.39. The van der Waals surface area contributed by atoms with Gasteiger partial charge < -0.3 is 10.6 Å². The fraction of sp³-hybridized carbons (Fsp3) is 0.438. The number of nitrogens with zero attached hydrogens (tertiary/aromatic N) is 2. The standard InChI is InChI=1S/C16H20N4OS.ClH/c1-11-2-4-12(5-3-11)10-14-19-20-16(22-14)18-15(21)13-6-8-17-9-7-13;/h2-5,13,17H,6-10H2,1H3,(H,18,20,21);1H. The molecule has 0 atom stereocenters. The van der Waals surface area contributed by atoms with Gasteiger partial charge in [0, 0.05) is 12.3 Å². The van der Waals surface area contributed by atoms with Gasteiger partial charge in [0.2, 0.25) is 11.0 Å². The van der Waals surface area contributed by atoms with Crippen LogP contribution in [0.25, 0.3) is 0 Å². The van der Waals surface area contributed by atoms with Crippen LogP contribution in [0.4, 0.5) is 5.13 Å². The van der Waals surface area contributed by atoms with E-state index in [-0.39, 0.29) is 24.2 Å². The van der Waals surface area contributed by atoms with Crippen LogP contribution in [0.15, 0.2) is 24.3 Å². The lowest BCUT2D eigenvalue weighted by Crippen LogP contribution is -2.34. The summed E-state index contributed by atoms with van der Waals surface area (Å²) in [7, 11) is 0. The number of hydrogen-bond donors (Lipinski definition) is 2. The maximum atomic E-state index is 12.2. The molecule has 0 spiro atoms. The third-order valence-electron chi connectivity index (χ3n) is 3.88. The summed E-state index contributed by atoms with van der Waals surface area (Å²) in [5.74, 6) is 0.158. The monoisotopic (exact) mass is 352 g/mol. The second-order valence-corrected chi connectivity index (χ2v) is 6.74. The van der Waals surface area contributed by atoms with E-state index in [1.54, 1.807) is 0 Å². The number of halogens is 1. The summed E-state index contributed by atoms with van der Waals surface area (Å²) < 4.78 is 0. The van der Waals surface area contributed by atoms with Gasteiger partial charge in [-0.05, 0) is 38.4 Å². The summed E-state index contributed by atoms with van der Waals surface area (Å²) in [5.41, 5.74) is 2.45. The number of aryl methyl sites for hydroxylation is 1. The van der Waals surface area contributed by atoms with Gasteiger partial charge in [-0.3, -0.25) is 4.79 Å². The van der Waals surface area contributed by atoms with E-state index >= 15 is 0 Å². The quantitative estimate of drug-likeness (QED) is 0.887. The molecule has 1 aliphatic rings. The lowest BCUT2D eigenvalue weighted by Gasteiger charge is -2.20. The van der Waals surface area contributed by atoms with Gasteiger partial charge in [-0.15, -0.1) is 22.6 Å². The highest BCUT2D eigenvalue weighted by atomic mass is 35.5. The molecule has 1 amide bonds. The third-order valence-corrected chi connectivity index (χ3v) is 4.72. The molecular weight excluding hydrogens is 332 g/mol. The lowest BCUT2D eigenvalue weighted by atomic mass is 9.97. The smallest absolute Gasteiger partial charge is 0.229 e. The largest absolute Gasteiger partial charge is 0.317 e. The van der Waals surface area contributed by atoms with Crippen molar-refractivity contribution in [3.63, 3.8) is 0 Å². The van der Waals surface area contributed by atoms with E-state index in [4.69, 9.17) is 0 Å². The number of anilines is 1. The van der Waals surface area contributed by atoms with Gasteiger partial charge in [-0.25, -0.2) is 0 Å². The van der Waals surface area contributed by atoms with Crippen molar-refractivity contribution in [2.75, 3.05) is 18.4 Å². The third kappa shape index (κ3) is 4.99. The second kappa shape index (κ2) is 8.38. The summed E-state index contributed by atoms with van der Waals surface area (Å²) in [4.78, 5) is 12.2. The van der Waals surface area contributed by atoms with Crippen LogP contribution < -0.4 is 10.6 Å². The van der Waals surface area contributed by atoms with E-state index < -0.39 is 0 Å². The Morgan fingerprint density at radius 2 is 1.96 bits per heavy atom. The van der Waals surface area contributed by atoms with Crippen LogP contribution in [-0.4, -0.2) is 29.2 Å². The Hall–Kier alpha value is -1.50. The second-order valence-electron chi connectivity index (χ2n) is 5.68. The van der Waals surface area contributed by atoms with Crippen molar-refractivity contribution in [1.82, 2.24) is 15.5 Å². The molecule has 7 heteroatoms. The van der Waals surface area contributed by atoms with Crippen molar-refractivity contribution in [1.29, 1.82) is 0 Å². The lowest BCUT2D eigenvalue weighted by molar-refractivity contribution is -0.120. The topological polar surface area (TPSA) is 66.9 Å². The highest BCUT2D eigenvalue weighted by Gasteiger charge is 2.21. The number of amides is 1. The van der Waals surface area contributed by atoms with Gasteiger partial charge in [0.05, 0.1) is 0 Å². The predicted octanol–water partition coefficient (Wildman–Crippen LogP) is 2.80. The molecule has 124 valence electrons. The minimum Gasteiger partial charge on any atom is -0.317 e. The Labute approximate surface area is 146 Å². The van der Waals surface area contributed by atoms with Crippen LogP contribution in [0.2, 0.25) is 0 Å². The fourth-order valence-corrected chi connectivity index (χ4v) is 3.32. The first kappa shape index (κ1) is 17.8. The zero-order chi connectivity index (χ0) is 15.4. The summed E-state index contributed by atoms with van der Waals surface area (Å²) in [6.07, 6.45) is 2.53. The molecule has 0 saturated carbocycles. The molecule has 2 N–H and O–H groups in total. The van der Waals surface area contributed by atoms with Crippen molar-refractivity contribution >= 4 is 34.8 Å². The van der Waals surface area contributed by atoms with Gasteiger partial charge in [0.25, 0.3) is 0 Å². The van der Waals surface area contributed by atoms with Crippen LogP contribution in [-0.2, 0) is 11.2 Å². The molecular formula is C16H21ClN4OS. The summed E-state index contributed by atoms with van der Waals surface area (Å²) in [5, 5.41) is 16.0. The van der Waals surface area contributed by atoms with Crippen molar-refractivity contribution in [3.8, 4) is 0 Å². The number of benzene rings is 1. The molecule has 0 unspecified atom stereocenters. The van der Waals surface area contributed by atoms with Gasteiger partial charge >= 0.3 is 0 Å². The van der Waals surface area contributed by atoms with Gasteiger partial charge in [0.15, 0.2) is 0 Å². The molecule has 1 aliphatic heterocycles. The van der Waals surface area contributed by atoms with E-state index in [1.807, 2.05) is 0 Å². The number of hydrogen-bond acceptors (Lipinski definition) is 5. The van der Waals surface area contributed by atoms with Crippen molar-refractivity contribution in [2.45, 2.75) is 26.2 Å². The Kier molecular flexibility index (Phi) is 6.50. The maximum absolute atomic E-state index is 12.2. The SMILES string of the molecule is Cc1ccc(Cc2nnc(NC(=O)C3CCNCC3)s2)cc1.Cl. The highest BCUT2D eigenvalue weighted by Crippen LogP contribution is 2.21. The molecule has 0 aliphatic carbocycles. The number of piperidine rings is 1. The normalized spacial score (nSPS) is 15.0. The van der Waals surface area contributed by atoms with Crippen molar-refractivity contribution < 1.29 is 4.79 Å². The average molecular weight is 353 g/mol. The fourth-order valence-electron chi connectivity index (χ4n) is 2.55. The van der Waals surface area contributed by atoms with Crippen LogP contribution in [0.1, 0.15) is 29.0 Å². The summed E-state index contributed by atoms with van der Waals surface area (Å²) in [6.45, 7) is 3.89. The molecule has 1 aromatic heterocycles. The van der Waals surface area contributed by atoms with Crippen LogP contribution in [0, 0.1) is 12.8 Å². The first-order valence-electron chi connectivity index (χ1n) is 7.60. The van der Waals surface area contributed by atoms with E-state index in [2.05, 4.69) is 52.0 Å². The Bertz CT molecular complexity index is 638. The van der Waals surface area contributed by atoms with E-state index in [0.29, 0.717) is 5.13 Å². The van der Waals surface area contributed by atoms with E-state index in [9.17, 15) is 4.79 Å². The molecule has 0 radical (unpaired) electrons. The van der Waals surface area contributed by atoms with Crippen molar-refractivity contribution in [2.24, 2.45) is 5.92 Å². The Morgan fingerprint density at radius 1 is 1.26 bits per heavy atom. The Balaban J connectivity index is 0.00000192. The zero-order valence-electron chi connectivity index (χ0n) is 13.0. The first-order chi connectivity index (χ1) is 10.7. The maximum Gasteiger partial charge on any atom is 0.229 e. The number of aromatic nitrogens is 2.